The lowest BCUT2D eigenvalue weighted by molar-refractivity contribution is 0.403. The third kappa shape index (κ3) is 3.78. The number of benzene rings is 2. The number of nitrogens with zero attached hydrogens (tertiary/aromatic N) is 3. The Labute approximate surface area is 149 Å². The summed E-state index contributed by atoms with van der Waals surface area (Å²) in [6, 6.07) is 18.4. The van der Waals surface area contributed by atoms with Crippen LogP contribution in [0.3, 0.4) is 0 Å². The molecule has 1 heterocycles. The summed E-state index contributed by atoms with van der Waals surface area (Å²) < 4.78 is 0. The lowest BCUT2D eigenvalue weighted by Crippen LogP contribution is -2.17. The second-order valence-electron chi connectivity index (χ2n) is 6.29. The normalized spacial score (nSPS) is 16.1. The van der Waals surface area contributed by atoms with Gasteiger partial charge in [0.1, 0.15) is 5.84 Å². The Balaban J connectivity index is 2.07. The highest BCUT2D eigenvalue weighted by Crippen LogP contribution is 2.34. The second kappa shape index (κ2) is 7.78. The van der Waals surface area contributed by atoms with E-state index in [0.717, 1.165) is 53.3 Å². The molecule has 25 heavy (non-hydrogen) atoms. The second-order valence-corrected chi connectivity index (χ2v) is 6.29. The smallest absolute Gasteiger partial charge is 0.133 e. The minimum atomic E-state index is 0.758. The molecule has 0 atom stereocenters. The van der Waals surface area contributed by atoms with Crippen LogP contribution in [0.15, 0.2) is 59.6 Å². The van der Waals surface area contributed by atoms with Crippen LogP contribution in [0, 0.1) is 11.3 Å². The first kappa shape index (κ1) is 16.9. The van der Waals surface area contributed by atoms with Crippen molar-refractivity contribution >= 4 is 17.1 Å². The molecule has 3 rings (SSSR count). The fourth-order valence-electron chi connectivity index (χ4n) is 3.01. The van der Waals surface area contributed by atoms with Crippen molar-refractivity contribution in [1.82, 2.24) is 4.90 Å². The van der Waals surface area contributed by atoms with Crippen LogP contribution in [0.1, 0.15) is 23.1 Å². The van der Waals surface area contributed by atoms with E-state index < -0.39 is 0 Å². The number of allylic oxidation sites excluding steroid dienone is 1. The van der Waals surface area contributed by atoms with E-state index >= 15 is 0 Å². The van der Waals surface area contributed by atoms with Gasteiger partial charge in [0, 0.05) is 35.0 Å². The Kier molecular flexibility index (Phi) is 5.27. The van der Waals surface area contributed by atoms with Crippen LogP contribution in [0.2, 0.25) is 0 Å². The van der Waals surface area contributed by atoms with Gasteiger partial charge in [0.05, 0.1) is 6.07 Å². The SMILES string of the molecule is CN(C)CCCN=C1Nc2ccccc2/C(=C/C#N)c2ccccc21. The number of para-hydroxylation sites is 1. The molecule has 0 unspecified atom stereocenters. The molecule has 1 N–H and O–H groups in total. The quantitative estimate of drug-likeness (QED) is 0.686. The minimum Gasteiger partial charge on any atom is -0.340 e. The van der Waals surface area contributed by atoms with Gasteiger partial charge in [-0.25, -0.2) is 0 Å². The average molecular weight is 330 g/mol. The zero-order valence-electron chi connectivity index (χ0n) is 14.7. The van der Waals surface area contributed by atoms with Crippen LogP contribution in [-0.2, 0) is 0 Å². The Morgan fingerprint density at radius 3 is 2.44 bits per heavy atom. The summed E-state index contributed by atoms with van der Waals surface area (Å²) in [6.07, 6.45) is 2.62. The van der Waals surface area contributed by atoms with E-state index in [1.165, 1.54) is 0 Å². The first-order valence-corrected chi connectivity index (χ1v) is 8.46. The molecule has 126 valence electrons. The molecule has 0 bridgehead atoms. The van der Waals surface area contributed by atoms with Gasteiger partial charge in [-0.3, -0.25) is 4.99 Å². The van der Waals surface area contributed by atoms with Crippen LogP contribution in [0.4, 0.5) is 5.69 Å². The first-order chi connectivity index (χ1) is 12.2. The van der Waals surface area contributed by atoms with E-state index in [2.05, 4.69) is 42.5 Å². The topological polar surface area (TPSA) is 51.4 Å². The summed E-state index contributed by atoms with van der Waals surface area (Å²) >= 11 is 0. The van der Waals surface area contributed by atoms with Crippen LogP contribution >= 0.6 is 0 Å². The molecule has 0 saturated heterocycles. The van der Waals surface area contributed by atoms with E-state index in [1.807, 2.05) is 36.4 Å². The molecule has 1 aliphatic rings. The van der Waals surface area contributed by atoms with Crippen LogP contribution < -0.4 is 5.32 Å². The predicted octanol–water partition coefficient (Wildman–Crippen LogP) is 3.77. The van der Waals surface area contributed by atoms with Crippen molar-refractivity contribution in [2.75, 3.05) is 32.5 Å². The van der Waals surface area contributed by atoms with Crippen LogP contribution in [-0.4, -0.2) is 37.9 Å². The van der Waals surface area contributed by atoms with Gasteiger partial charge in [-0.05, 0) is 38.7 Å². The van der Waals surface area contributed by atoms with Gasteiger partial charge >= 0.3 is 0 Å². The van der Waals surface area contributed by atoms with Gasteiger partial charge in [0.15, 0.2) is 0 Å². The van der Waals surface area contributed by atoms with E-state index in [1.54, 1.807) is 6.08 Å². The molecule has 4 nitrogen and oxygen atoms in total. The minimum absolute atomic E-state index is 0.758. The standard InChI is InChI=1S/C21H22N4/c1-25(2)15-7-14-23-21-19-10-4-3-8-16(19)17(12-13-22)18-9-5-6-11-20(18)24-21/h3-6,8-12H,7,14-15H2,1-2H3,(H,23,24)/b17-12+. The number of hydrogen-bond acceptors (Lipinski definition) is 3. The van der Waals surface area contributed by atoms with Crippen molar-refractivity contribution in [3.63, 3.8) is 0 Å². The van der Waals surface area contributed by atoms with Gasteiger partial charge in [-0.2, -0.15) is 5.26 Å². The fraction of sp³-hybridized carbons (Fsp3) is 0.238. The largest absolute Gasteiger partial charge is 0.340 e. The Morgan fingerprint density at radius 1 is 1.04 bits per heavy atom. The number of aliphatic imine (C=N–C) groups is 1. The van der Waals surface area contributed by atoms with E-state index in [-0.39, 0.29) is 0 Å². The first-order valence-electron chi connectivity index (χ1n) is 8.46. The maximum Gasteiger partial charge on any atom is 0.133 e. The number of nitrogens with one attached hydrogen (secondary N) is 1. The molecule has 0 amide bonds. The summed E-state index contributed by atoms with van der Waals surface area (Å²) in [6.45, 7) is 1.77. The predicted molar refractivity (Wildman–Crippen MR) is 104 cm³/mol. The molecule has 0 fully saturated rings. The number of nitriles is 1. The van der Waals surface area contributed by atoms with E-state index in [0.29, 0.717) is 0 Å². The van der Waals surface area contributed by atoms with Gasteiger partial charge in [0.2, 0.25) is 0 Å². The number of amidine groups is 1. The van der Waals surface area contributed by atoms with Gasteiger partial charge < -0.3 is 10.2 Å². The molecule has 2 aromatic carbocycles. The van der Waals surface area contributed by atoms with Gasteiger partial charge in [-0.1, -0.05) is 42.5 Å². The van der Waals surface area contributed by atoms with E-state index in [4.69, 9.17) is 4.99 Å². The number of hydrogen-bond donors (Lipinski definition) is 1. The number of fused-ring (bicyclic) bond motifs is 2. The van der Waals surface area contributed by atoms with Gasteiger partial charge in [0.25, 0.3) is 0 Å². The molecule has 0 aromatic heterocycles. The maximum absolute atomic E-state index is 9.27. The van der Waals surface area contributed by atoms with E-state index in [9.17, 15) is 5.26 Å². The van der Waals surface area contributed by atoms with Crippen molar-refractivity contribution in [3.8, 4) is 6.07 Å². The average Bonchev–Trinajstić information content (AvgIpc) is 2.75. The van der Waals surface area contributed by atoms with Crippen molar-refractivity contribution in [1.29, 1.82) is 5.26 Å². The van der Waals surface area contributed by atoms with Crippen LogP contribution in [0.25, 0.3) is 5.57 Å². The maximum atomic E-state index is 9.27. The highest BCUT2D eigenvalue weighted by atomic mass is 15.1. The fourth-order valence-corrected chi connectivity index (χ4v) is 3.01. The molecule has 0 radical (unpaired) electrons. The van der Waals surface area contributed by atoms with Crippen molar-refractivity contribution in [2.24, 2.45) is 4.99 Å². The molecular weight excluding hydrogens is 308 g/mol. The van der Waals surface area contributed by atoms with Crippen molar-refractivity contribution < 1.29 is 0 Å². The molecule has 0 spiro atoms. The summed E-state index contributed by atoms with van der Waals surface area (Å²) in [5, 5.41) is 12.7. The lowest BCUT2D eigenvalue weighted by atomic mass is 9.94. The molecule has 2 aromatic rings. The zero-order chi connectivity index (χ0) is 17.6. The Bertz CT molecular complexity index is 856. The lowest BCUT2D eigenvalue weighted by Gasteiger charge is -2.11. The number of anilines is 1. The van der Waals surface area contributed by atoms with Crippen molar-refractivity contribution in [3.05, 3.63) is 71.3 Å². The summed E-state index contributed by atoms with van der Waals surface area (Å²) in [4.78, 5) is 6.98. The Morgan fingerprint density at radius 2 is 1.72 bits per heavy atom. The molecule has 4 heteroatoms. The summed E-state index contributed by atoms with van der Waals surface area (Å²) in [5.41, 5.74) is 5.00. The summed E-state index contributed by atoms with van der Waals surface area (Å²) in [5.74, 6) is 0.864. The van der Waals surface area contributed by atoms with Crippen LogP contribution in [0.5, 0.6) is 0 Å². The Hall–Kier alpha value is -2.90. The summed E-state index contributed by atoms with van der Waals surface area (Å²) in [7, 11) is 4.14. The highest BCUT2D eigenvalue weighted by molar-refractivity contribution is 6.15. The zero-order valence-corrected chi connectivity index (χ0v) is 14.7. The van der Waals surface area contributed by atoms with Crippen molar-refractivity contribution in [2.45, 2.75) is 6.42 Å². The molecule has 1 aliphatic heterocycles. The molecular formula is C21H22N4. The molecule has 0 aliphatic carbocycles. The third-order valence-electron chi connectivity index (χ3n) is 4.18. The highest BCUT2D eigenvalue weighted by Gasteiger charge is 2.21. The molecule has 0 saturated carbocycles. The third-order valence-corrected chi connectivity index (χ3v) is 4.18. The number of rotatable bonds is 4. The monoisotopic (exact) mass is 330 g/mol. The van der Waals surface area contributed by atoms with Gasteiger partial charge in [-0.15, -0.1) is 0 Å².